The largest absolute Gasteiger partial charge is 0.382 e. The van der Waals surface area contributed by atoms with Gasteiger partial charge in [-0.25, -0.2) is 14.4 Å². The number of H-pyrrole nitrogens is 1. The Morgan fingerprint density at radius 1 is 1.10 bits per heavy atom. The molecule has 5 aromatic rings. The monoisotopic (exact) mass is 400 g/mol. The van der Waals surface area contributed by atoms with Gasteiger partial charge >= 0.3 is 0 Å². The van der Waals surface area contributed by atoms with E-state index in [-0.39, 0.29) is 11.9 Å². The van der Waals surface area contributed by atoms with Crippen LogP contribution in [0.15, 0.2) is 54.6 Å². The number of rotatable bonds is 4. The smallest absolute Gasteiger partial charge is 0.152 e. The van der Waals surface area contributed by atoms with Crippen molar-refractivity contribution in [2.24, 2.45) is 0 Å². The molecule has 0 bridgehead atoms. The standard InChI is InChI=1S/C23H21FN6/c1-3-20-27-21-22(16-6-4-5-7-17(16)26-23(21)25)30(20)13(2)18-12-19(29-28-18)14-8-10-15(24)11-9-14/h4-13H,3H2,1-2H3,(H2,25,26)(H,28,29). The quantitative estimate of drug-likeness (QED) is 0.451. The molecule has 7 heteroatoms. The first-order valence-corrected chi connectivity index (χ1v) is 9.93. The summed E-state index contributed by atoms with van der Waals surface area (Å²) in [5.41, 5.74) is 11.3. The SMILES string of the molecule is CCc1nc2c(N)nc3ccccc3c2n1C(C)c1cc(-c2ccc(F)cc2)n[nH]1. The van der Waals surface area contributed by atoms with Gasteiger partial charge < -0.3 is 10.3 Å². The Hall–Kier alpha value is -3.74. The van der Waals surface area contributed by atoms with Crippen molar-refractivity contribution in [1.82, 2.24) is 24.7 Å². The molecule has 0 radical (unpaired) electrons. The molecule has 1 atom stereocenters. The number of nitrogen functional groups attached to an aromatic ring is 1. The van der Waals surface area contributed by atoms with E-state index in [4.69, 9.17) is 10.7 Å². The van der Waals surface area contributed by atoms with Crippen LogP contribution < -0.4 is 5.73 Å². The minimum atomic E-state index is -0.265. The zero-order chi connectivity index (χ0) is 20.8. The lowest BCUT2D eigenvalue weighted by atomic mass is 10.1. The number of halogens is 1. The molecule has 150 valence electrons. The Bertz CT molecular complexity index is 1370. The van der Waals surface area contributed by atoms with Gasteiger partial charge in [-0.15, -0.1) is 0 Å². The van der Waals surface area contributed by atoms with Gasteiger partial charge in [-0.3, -0.25) is 5.10 Å². The maximum atomic E-state index is 13.3. The van der Waals surface area contributed by atoms with Gasteiger partial charge in [-0.05, 0) is 43.3 Å². The van der Waals surface area contributed by atoms with Crippen LogP contribution in [0, 0.1) is 5.82 Å². The van der Waals surface area contributed by atoms with E-state index in [0.29, 0.717) is 5.82 Å². The van der Waals surface area contributed by atoms with Crippen molar-refractivity contribution in [2.75, 3.05) is 5.73 Å². The molecule has 0 saturated heterocycles. The maximum Gasteiger partial charge on any atom is 0.152 e. The Morgan fingerprint density at radius 2 is 1.87 bits per heavy atom. The summed E-state index contributed by atoms with van der Waals surface area (Å²) in [5, 5.41) is 8.60. The molecule has 0 saturated carbocycles. The van der Waals surface area contributed by atoms with Gasteiger partial charge in [0.05, 0.1) is 28.5 Å². The van der Waals surface area contributed by atoms with Gasteiger partial charge in [0.25, 0.3) is 0 Å². The van der Waals surface area contributed by atoms with Crippen molar-refractivity contribution >= 4 is 27.8 Å². The van der Waals surface area contributed by atoms with Crippen molar-refractivity contribution in [1.29, 1.82) is 0 Å². The highest BCUT2D eigenvalue weighted by molar-refractivity contribution is 6.06. The molecular weight excluding hydrogens is 379 g/mol. The van der Waals surface area contributed by atoms with Gasteiger partial charge in [-0.2, -0.15) is 5.10 Å². The van der Waals surface area contributed by atoms with Gasteiger partial charge in [0, 0.05) is 17.4 Å². The summed E-state index contributed by atoms with van der Waals surface area (Å²) >= 11 is 0. The molecule has 6 nitrogen and oxygen atoms in total. The number of hydrogen-bond donors (Lipinski definition) is 2. The first kappa shape index (κ1) is 18.3. The number of anilines is 1. The average molecular weight is 400 g/mol. The molecule has 3 aromatic heterocycles. The van der Waals surface area contributed by atoms with Crippen molar-refractivity contribution in [3.05, 3.63) is 71.9 Å². The summed E-state index contributed by atoms with van der Waals surface area (Å²) in [6.07, 6.45) is 0.756. The molecular formula is C23H21FN6. The predicted octanol–water partition coefficient (Wildman–Crippen LogP) is 4.87. The van der Waals surface area contributed by atoms with E-state index in [1.165, 1.54) is 12.1 Å². The van der Waals surface area contributed by atoms with Crippen molar-refractivity contribution < 1.29 is 4.39 Å². The second-order valence-corrected chi connectivity index (χ2v) is 7.35. The summed E-state index contributed by atoms with van der Waals surface area (Å²) in [5.74, 6) is 1.10. The normalized spacial score (nSPS) is 12.6. The lowest BCUT2D eigenvalue weighted by Gasteiger charge is -2.17. The third kappa shape index (κ3) is 2.82. The van der Waals surface area contributed by atoms with Crippen LogP contribution in [-0.4, -0.2) is 24.7 Å². The molecule has 0 aliphatic heterocycles. The number of benzene rings is 2. The summed E-state index contributed by atoms with van der Waals surface area (Å²) in [6, 6.07) is 16.2. The number of nitrogens with zero attached hydrogens (tertiary/aromatic N) is 4. The molecule has 0 aliphatic carbocycles. The lowest BCUT2D eigenvalue weighted by molar-refractivity contribution is 0.606. The van der Waals surface area contributed by atoms with Crippen LogP contribution in [0.1, 0.15) is 31.4 Å². The number of nitrogens with two attached hydrogens (primary N) is 1. The zero-order valence-corrected chi connectivity index (χ0v) is 16.7. The zero-order valence-electron chi connectivity index (χ0n) is 16.7. The molecule has 1 unspecified atom stereocenters. The fraction of sp³-hybridized carbons (Fsp3) is 0.174. The number of para-hydroxylation sites is 1. The number of aromatic amines is 1. The summed E-state index contributed by atoms with van der Waals surface area (Å²) in [4.78, 5) is 9.33. The number of pyridine rings is 1. The molecule has 0 aliphatic rings. The number of hydrogen-bond acceptors (Lipinski definition) is 4. The molecule has 30 heavy (non-hydrogen) atoms. The van der Waals surface area contributed by atoms with Gasteiger partial charge in [0.1, 0.15) is 17.2 Å². The highest BCUT2D eigenvalue weighted by atomic mass is 19.1. The van der Waals surface area contributed by atoms with Crippen molar-refractivity contribution in [3.8, 4) is 11.3 Å². The van der Waals surface area contributed by atoms with E-state index in [1.807, 2.05) is 30.3 Å². The molecule has 0 amide bonds. The Kier molecular flexibility index (Phi) is 4.24. The second kappa shape index (κ2) is 6.95. The average Bonchev–Trinajstić information content (AvgIpc) is 3.40. The highest BCUT2D eigenvalue weighted by Gasteiger charge is 2.22. The van der Waals surface area contributed by atoms with Crippen LogP contribution in [0.5, 0.6) is 0 Å². The third-order valence-corrected chi connectivity index (χ3v) is 5.52. The van der Waals surface area contributed by atoms with E-state index < -0.39 is 0 Å². The molecule has 3 heterocycles. The van der Waals surface area contributed by atoms with Crippen LogP contribution in [0.4, 0.5) is 10.2 Å². The van der Waals surface area contributed by atoms with Crippen molar-refractivity contribution in [2.45, 2.75) is 26.3 Å². The fourth-order valence-electron chi connectivity index (χ4n) is 3.99. The van der Waals surface area contributed by atoms with Crippen LogP contribution in [0.3, 0.4) is 0 Å². The van der Waals surface area contributed by atoms with Crippen LogP contribution in [0.25, 0.3) is 33.2 Å². The first-order chi connectivity index (χ1) is 14.6. The number of aromatic nitrogens is 5. The van der Waals surface area contributed by atoms with Crippen LogP contribution in [0.2, 0.25) is 0 Å². The maximum absolute atomic E-state index is 13.3. The molecule has 0 fully saturated rings. The van der Waals surface area contributed by atoms with E-state index in [2.05, 4.69) is 33.6 Å². The third-order valence-electron chi connectivity index (χ3n) is 5.52. The van der Waals surface area contributed by atoms with Gasteiger partial charge in [0.2, 0.25) is 0 Å². The number of fused-ring (bicyclic) bond motifs is 3. The lowest BCUT2D eigenvalue weighted by Crippen LogP contribution is -2.11. The van der Waals surface area contributed by atoms with E-state index in [9.17, 15) is 4.39 Å². The predicted molar refractivity (Wildman–Crippen MR) is 117 cm³/mol. The van der Waals surface area contributed by atoms with E-state index >= 15 is 0 Å². The molecule has 2 aromatic carbocycles. The van der Waals surface area contributed by atoms with Crippen LogP contribution in [-0.2, 0) is 6.42 Å². The number of aryl methyl sites for hydroxylation is 1. The molecule has 3 N–H and O–H groups in total. The fourth-order valence-corrected chi connectivity index (χ4v) is 3.99. The van der Waals surface area contributed by atoms with E-state index in [1.54, 1.807) is 12.1 Å². The number of nitrogens with one attached hydrogen (secondary N) is 1. The minimum absolute atomic E-state index is 0.0585. The van der Waals surface area contributed by atoms with Crippen LogP contribution >= 0.6 is 0 Å². The summed E-state index contributed by atoms with van der Waals surface area (Å²) < 4.78 is 15.5. The number of imidazole rings is 1. The Morgan fingerprint density at radius 3 is 2.63 bits per heavy atom. The van der Waals surface area contributed by atoms with Gasteiger partial charge in [0.15, 0.2) is 5.82 Å². The topological polar surface area (TPSA) is 85.4 Å². The highest BCUT2D eigenvalue weighted by Crippen LogP contribution is 2.33. The first-order valence-electron chi connectivity index (χ1n) is 9.93. The molecule has 5 rings (SSSR count). The summed E-state index contributed by atoms with van der Waals surface area (Å²) in [6.45, 7) is 4.18. The Balaban J connectivity index is 1.68. The molecule has 0 spiro atoms. The minimum Gasteiger partial charge on any atom is -0.382 e. The van der Waals surface area contributed by atoms with Gasteiger partial charge in [-0.1, -0.05) is 25.1 Å². The van der Waals surface area contributed by atoms with Crippen molar-refractivity contribution in [3.63, 3.8) is 0 Å². The summed E-state index contributed by atoms with van der Waals surface area (Å²) in [7, 11) is 0. The second-order valence-electron chi connectivity index (χ2n) is 7.35. The van der Waals surface area contributed by atoms with E-state index in [0.717, 1.165) is 51.1 Å². The Labute approximate surface area is 172 Å².